The number of fused-ring (bicyclic) bond motifs is 1. The molecule has 1 amide bonds. The van der Waals surface area contributed by atoms with Gasteiger partial charge >= 0.3 is 0 Å². The summed E-state index contributed by atoms with van der Waals surface area (Å²) in [6.45, 7) is 2.31. The number of hydrogen-bond donors (Lipinski definition) is 2. The number of nitrogens with one attached hydrogen (secondary N) is 2. The Morgan fingerprint density at radius 2 is 2.27 bits per heavy atom. The predicted octanol–water partition coefficient (Wildman–Crippen LogP) is 2.28. The van der Waals surface area contributed by atoms with Crippen molar-refractivity contribution in [3.05, 3.63) is 55.0 Å². The highest BCUT2D eigenvalue weighted by Crippen LogP contribution is 2.24. The molecule has 0 aliphatic heterocycles. The van der Waals surface area contributed by atoms with Gasteiger partial charge in [0, 0.05) is 43.7 Å². The molecule has 134 valence electrons. The molecule has 8 nitrogen and oxygen atoms in total. The van der Waals surface area contributed by atoms with Crippen LogP contribution in [0.25, 0.3) is 22.3 Å². The van der Waals surface area contributed by atoms with Crippen LogP contribution in [0.3, 0.4) is 0 Å². The maximum atomic E-state index is 12.5. The van der Waals surface area contributed by atoms with Gasteiger partial charge in [-0.1, -0.05) is 0 Å². The lowest BCUT2D eigenvalue weighted by molar-refractivity contribution is -0.124. The number of amides is 1. The Morgan fingerprint density at radius 1 is 1.38 bits per heavy atom. The van der Waals surface area contributed by atoms with Crippen molar-refractivity contribution in [2.75, 3.05) is 0 Å². The van der Waals surface area contributed by atoms with E-state index in [0.29, 0.717) is 6.54 Å². The number of aryl methyl sites for hydroxylation is 1. The van der Waals surface area contributed by atoms with Gasteiger partial charge in [0.2, 0.25) is 5.91 Å². The monoisotopic (exact) mass is 351 g/mol. The van der Waals surface area contributed by atoms with Crippen LogP contribution in [0.1, 0.15) is 20.1 Å². The number of H-pyrrole nitrogens is 1. The van der Waals surface area contributed by atoms with Crippen molar-refractivity contribution < 1.29 is 6.22 Å². The first kappa shape index (κ1) is 16.1. The fourth-order valence-corrected chi connectivity index (χ4v) is 2.90. The summed E-state index contributed by atoms with van der Waals surface area (Å²) in [7, 11) is 1.95. The van der Waals surface area contributed by atoms with Crippen molar-refractivity contribution in [2.45, 2.75) is 19.5 Å². The predicted molar refractivity (Wildman–Crippen MR) is 99.2 cm³/mol. The molecule has 26 heavy (non-hydrogen) atoms. The third-order valence-electron chi connectivity index (χ3n) is 4.50. The van der Waals surface area contributed by atoms with Crippen LogP contribution >= 0.6 is 0 Å². The molecule has 2 N–H and O–H groups in total. The largest absolute Gasteiger partial charge is 0.353 e. The molecule has 1 atom stereocenters. The van der Waals surface area contributed by atoms with E-state index in [1.165, 1.54) is 6.33 Å². The Balaban J connectivity index is 0.00000210. The molecular weight excluding hydrogens is 330 g/mol. The van der Waals surface area contributed by atoms with E-state index in [1.807, 2.05) is 55.3 Å². The van der Waals surface area contributed by atoms with Crippen LogP contribution in [0.15, 0.2) is 49.3 Å². The van der Waals surface area contributed by atoms with E-state index < -0.39 is 6.04 Å². The summed E-state index contributed by atoms with van der Waals surface area (Å²) in [5, 5.41) is 8.22. The molecule has 8 heteroatoms. The molecule has 1 unspecified atom stereocenters. The van der Waals surface area contributed by atoms with Gasteiger partial charge in [0.05, 0.1) is 18.4 Å². The first-order valence-corrected chi connectivity index (χ1v) is 8.34. The first-order valence-electron chi connectivity index (χ1n) is 8.34. The Hall–Kier alpha value is -3.42. The Morgan fingerprint density at radius 3 is 3.08 bits per heavy atom. The molecule has 0 radical (unpaired) electrons. The summed E-state index contributed by atoms with van der Waals surface area (Å²) in [5.74, 6) is -0.0877. The smallest absolute Gasteiger partial charge is 0.244 e. The van der Waals surface area contributed by atoms with Gasteiger partial charge in [0.25, 0.3) is 0 Å². The lowest BCUT2D eigenvalue weighted by atomic mass is 10.2. The Bertz CT molecular complexity index is 1060. The third-order valence-corrected chi connectivity index (χ3v) is 4.50. The average Bonchev–Trinajstić information content (AvgIpc) is 3.39. The van der Waals surface area contributed by atoms with Gasteiger partial charge in [0.15, 0.2) is 0 Å². The summed E-state index contributed by atoms with van der Waals surface area (Å²) in [6.07, 6.45) is 8.85. The van der Waals surface area contributed by atoms with Crippen molar-refractivity contribution in [1.29, 1.82) is 0 Å². The van der Waals surface area contributed by atoms with E-state index in [1.54, 1.807) is 10.9 Å². The van der Waals surface area contributed by atoms with E-state index in [4.69, 9.17) is 0 Å². The van der Waals surface area contributed by atoms with Crippen molar-refractivity contribution in [3.8, 4) is 11.3 Å². The van der Waals surface area contributed by atoms with Gasteiger partial charge in [-0.25, -0.2) is 9.97 Å². The minimum Gasteiger partial charge on any atom is -0.353 e. The highest BCUT2D eigenvalue weighted by Gasteiger charge is 2.17. The van der Waals surface area contributed by atoms with Crippen molar-refractivity contribution in [3.63, 3.8) is 0 Å². The average molecular weight is 351 g/mol. The molecule has 4 aromatic heterocycles. The van der Waals surface area contributed by atoms with Crippen LogP contribution in [-0.2, 0) is 18.4 Å². The van der Waals surface area contributed by atoms with E-state index in [2.05, 4.69) is 25.4 Å². The molecule has 0 fully saturated rings. The maximum absolute atomic E-state index is 12.5. The number of rotatable bonds is 5. The number of carbonyl (C=O) groups is 1. The van der Waals surface area contributed by atoms with Gasteiger partial charge in [-0.3, -0.25) is 9.48 Å². The minimum atomic E-state index is -0.424. The third kappa shape index (κ3) is 2.85. The zero-order valence-electron chi connectivity index (χ0n) is 14.5. The first-order chi connectivity index (χ1) is 12.6. The molecule has 0 spiro atoms. The molecule has 0 aromatic carbocycles. The second-order valence-electron chi connectivity index (χ2n) is 6.18. The summed E-state index contributed by atoms with van der Waals surface area (Å²) >= 11 is 0. The maximum Gasteiger partial charge on any atom is 0.244 e. The number of carbonyl (C=O) groups excluding carboxylic acids is 1. The molecule has 0 aliphatic rings. The highest BCUT2D eigenvalue weighted by molar-refractivity contribution is 5.90. The molecule has 0 aliphatic carbocycles. The number of aromatic nitrogens is 6. The second kappa shape index (κ2) is 6.47. The number of nitrogens with zero attached hydrogens (tertiary/aromatic N) is 5. The van der Waals surface area contributed by atoms with Crippen molar-refractivity contribution in [2.24, 2.45) is 7.05 Å². The molecule has 4 rings (SSSR count). The molecule has 4 heterocycles. The van der Waals surface area contributed by atoms with Gasteiger partial charge in [-0.05, 0) is 25.1 Å². The number of aromatic amines is 1. The topological polar surface area (TPSA) is 93.4 Å². The van der Waals surface area contributed by atoms with Crippen LogP contribution in [0.2, 0.25) is 0 Å². The minimum absolute atomic E-state index is 0. The van der Waals surface area contributed by atoms with Gasteiger partial charge in [-0.15, -0.1) is 0 Å². The van der Waals surface area contributed by atoms with Gasteiger partial charge < -0.3 is 14.9 Å². The fourth-order valence-electron chi connectivity index (χ4n) is 2.90. The Kier molecular flexibility index (Phi) is 4.00. The standard InChI is InChI=1S/C18H19N7O.H2/c1-12(18(26)20-9-14-4-3-7-24(14)2)25-10-13(8-23-25)16-15-5-6-19-17(15)22-11-21-16;/h3-8,10-12H,9H2,1-2H3,(H,20,26)(H,19,21,22);1H. The summed E-state index contributed by atoms with van der Waals surface area (Å²) < 4.78 is 3.63. The highest BCUT2D eigenvalue weighted by atomic mass is 16.2. The second-order valence-corrected chi connectivity index (χ2v) is 6.18. The van der Waals surface area contributed by atoms with E-state index in [-0.39, 0.29) is 7.33 Å². The summed E-state index contributed by atoms with van der Waals surface area (Å²) in [4.78, 5) is 24.1. The van der Waals surface area contributed by atoms with E-state index in [9.17, 15) is 4.79 Å². The van der Waals surface area contributed by atoms with Crippen LogP contribution < -0.4 is 5.32 Å². The van der Waals surface area contributed by atoms with Crippen LogP contribution in [0, 0.1) is 0 Å². The number of hydrogen-bond acceptors (Lipinski definition) is 4. The summed E-state index contributed by atoms with van der Waals surface area (Å²) in [5.41, 5.74) is 3.46. The van der Waals surface area contributed by atoms with E-state index >= 15 is 0 Å². The molecule has 0 bridgehead atoms. The Labute approximate surface area is 151 Å². The fraction of sp³-hybridized carbons (Fsp3) is 0.222. The molecule has 4 aromatic rings. The van der Waals surface area contributed by atoms with Gasteiger partial charge in [-0.2, -0.15) is 5.10 Å². The van der Waals surface area contributed by atoms with Crippen LogP contribution in [-0.4, -0.2) is 35.2 Å². The zero-order valence-corrected chi connectivity index (χ0v) is 14.5. The van der Waals surface area contributed by atoms with Crippen molar-refractivity contribution in [1.82, 2.24) is 34.6 Å². The normalized spacial score (nSPS) is 12.4. The van der Waals surface area contributed by atoms with Crippen molar-refractivity contribution >= 4 is 16.9 Å². The van der Waals surface area contributed by atoms with Gasteiger partial charge in [0.1, 0.15) is 18.0 Å². The molecular formula is C18H21N7O. The SMILES string of the molecule is CC(C(=O)NCc1cccn1C)n1cc(-c2ncnc3[nH]ccc23)cn1.[HH]. The lowest BCUT2D eigenvalue weighted by Crippen LogP contribution is -2.31. The molecule has 0 saturated heterocycles. The quantitative estimate of drug-likeness (QED) is 0.577. The molecule has 0 saturated carbocycles. The van der Waals surface area contributed by atoms with Crippen LogP contribution in [0.5, 0.6) is 0 Å². The van der Waals surface area contributed by atoms with E-state index in [0.717, 1.165) is 28.0 Å². The van der Waals surface area contributed by atoms with Crippen LogP contribution in [0.4, 0.5) is 0 Å². The zero-order chi connectivity index (χ0) is 18.1. The summed E-state index contributed by atoms with van der Waals surface area (Å²) in [6, 6.07) is 5.44. The lowest BCUT2D eigenvalue weighted by Gasteiger charge is -2.13.